The van der Waals surface area contributed by atoms with Crippen molar-refractivity contribution in [2.45, 2.75) is 26.3 Å². The van der Waals surface area contributed by atoms with Crippen LogP contribution in [0, 0.1) is 13.8 Å². The molecule has 1 aromatic carbocycles. The Labute approximate surface area is 112 Å². The third kappa shape index (κ3) is 2.24. The number of aromatic amines is 1. The van der Waals surface area contributed by atoms with Crippen molar-refractivity contribution in [1.82, 2.24) is 15.6 Å². The second-order valence-electron chi connectivity index (χ2n) is 5.34. The summed E-state index contributed by atoms with van der Waals surface area (Å²) in [7, 11) is 0. The van der Waals surface area contributed by atoms with E-state index in [-0.39, 0.29) is 11.9 Å². The summed E-state index contributed by atoms with van der Waals surface area (Å²) in [6.45, 7) is 5.91. The first-order chi connectivity index (χ1) is 9.15. The van der Waals surface area contributed by atoms with Crippen molar-refractivity contribution in [2.24, 2.45) is 0 Å². The molecule has 1 aromatic heterocycles. The van der Waals surface area contributed by atoms with Crippen LogP contribution in [0.5, 0.6) is 0 Å². The van der Waals surface area contributed by atoms with Gasteiger partial charge in [0.25, 0.3) is 5.91 Å². The first-order valence-corrected chi connectivity index (χ1v) is 6.75. The van der Waals surface area contributed by atoms with E-state index in [1.54, 1.807) is 0 Å². The molecule has 1 aliphatic rings. The Hall–Kier alpha value is -1.81. The fraction of sp³-hybridized carbons (Fsp3) is 0.400. The van der Waals surface area contributed by atoms with Crippen molar-refractivity contribution < 1.29 is 4.79 Å². The van der Waals surface area contributed by atoms with Gasteiger partial charge < -0.3 is 15.6 Å². The Kier molecular flexibility index (Phi) is 3.03. The Morgan fingerprint density at radius 1 is 1.37 bits per heavy atom. The summed E-state index contributed by atoms with van der Waals surface area (Å²) in [6.07, 6.45) is 1.00. The molecule has 2 heterocycles. The van der Waals surface area contributed by atoms with Crippen molar-refractivity contribution in [3.63, 3.8) is 0 Å². The Morgan fingerprint density at radius 3 is 2.95 bits per heavy atom. The number of carbonyl (C=O) groups is 1. The lowest BCUT2D eigenvalue weighted by Crippen LogP contribution is -2.36. The topological polar surface area (TPSA) is 56.9 Å². The van der Waals surface area contributed by atoms with Gasteiger partial charge in [-0.3, -0.25) is 4.79 Å². The van der Waals surface area contributed by atoms with Crippen LogP contribution in [0.25, 0.3) is 10.9 Å². The van der Waals surface area contributed by atoms with E-state index in [2.05, 4.69) is 34.7 Å². The molecule has 1 atom stereocenters. The molecule has 3 N–H and O–H groups in total. The molecule has 0 saturated carbocycles. The summed E-state index contributed by atoms with van der Waals surface area (Å²) >= 11 is 0. The van der Waals surface area contributed by atoms with Crippen LogP contribution in [-0.2, 0) is 0 Å². The largest absolute Gasteiger partial charge is 0.350 e. The van der Waals surface area contributed by atoms with E-state index in [4.69, 9.17) is 0 Å². The molecule has 19 heavy (non-hydrogen) atoms. The van der Waals surface area contributed by atoms with Gasteiger partial charge in [-0.25, -0.2) is 0 Å². The van der Waals surface area contributed by atoms with Gasteiger partial charge in [-0.05, 0) is 44.5 Å². The number of hydrogen-bond donors (Lipinski definition) is 3. The van der Waals surface area contributed by atoms with Gasteiger partial charge in [0.1, 0.15) is 5.69 Å². The van der Waals surface area contributed by atoms with Gasteiger partial charge in [0.15, 0.2) is 0 Å². The predicted octanol–water partition coefficient (Wildman–Crippen LogP) is 1.88. The molecule has 4 nitrogen and oxygen atoms in total. The maximum Gasteiger partial charge on any atom is 0.268 e. The van der Waals surface area contributed by atoms with Gasteiger partial charge in [0.2, 0.25) is 0 Å². The van der Waals surface area contributed by atoms with Crippen LogP contribution >= 0.6 is 0 Å². The monoisotopic (exact) mass is 257 g/mol. The van der Waals surface area contributed by atoms with Crippen molar-refractivity contribution in [2.75, 3.05) is 13.1 Å². The standard InChI is InChI=1S/C15H19N3O/c1-9-3-4-13-12(7-9)10(2)14(18-13)15(19)17-11-5-6-16-8-11/h3-4,7,11,16,18H,5-6,8H2,1-2H3,(H,17,19)/t11-/m1/s1. The highest BCUT2D eigenvalue weighted by Crippen LogP contribution is 2.22. The van der Waals surface area contributed by atoms with Crippen LogP contribution in [-0.4, -0.2) is 30.0 Å². The molecule has 0 unspecified atom stereocenters. The Bertz CT molecular complexity index is 624. The highest BCUT2D eigenvalue weighted by atomic mass is 16.2. The maximum absolute atomic E-state index is 12.3. The van der Waals surface area contributed by atoms with E-state index >= 15 is 0 Å². The molecule has 1 saturated heterocycles. The van der Waals surface area contributed by atoms with Crippen molar-refractivity contribution in [1.29, 1.82) is 0 Å². The minimum atomic E-state index is 0.0000491. The zero-order chi connectivity index (χ0) is 13.4. The number of aryl methyl sites for hydroxylation is 2. The minimum absolute atomic E-state index is 0.0000491. The summed E-state index contributed by atoms with van der Waals surface area (Å²) < 4.78 is 0. The predicted molar refractivity (Wildman–Crippen MR) is 76.5 cm³/mol. The number of amides is 1. The summed E-state index contributed by atoms with van der Waals surface area (Å²) in [6, 6.07) is 6.46. The number of nitrogens with one attached hydrogen (secondary N) is 3. The van der Waals surface area contributed by atoms with Gasteiger partial charge in [-0.2, -0.15) is 0 Å². The van der Waals surface area contributed by atoms with E-state index < -0.39 is 0 Å². The zero-order valence-electron chi connectivity index (χ0n) is 11.3. The molecule has 0 spiro atoms. The fourth-order valence-electron chi connectivity index (χ4n) is 2.70. The molecule has 0 radical (unpaired) electrons. The van der Waals surface area contributed by atoms with E-state index in [1.807, 2.05) is 13.0 Å². The van der Waals surface area contributed by atoms with Crippen LogP contribution in [0.3, 0.4) is 0 Å². The first kappa shape index (κ1) is 12.2. The van der Waals surface area contributed by atoms with Crippen molar-refractivity contribution in [3.05, 3.63) is 35.0 Å². The molecule has 1 fully saturated rings. The number of H-pyrrole nitrogens is 1. The lowest BCUT2D eigenvalue weighted by atomic mass is 10.1. The second kappa shape index (κ2) is 4.70. The zero-order valence-corrected chi connectivity index (χ0v) is 11.3. The number of hydrogen-bond acceptors (Lipinski definition) is 2. The third-order valence-electron chi connectivity index (χ3n) is 3.84. The Morgan fingerprint density at radius 2 is 2.21 bits per heavy atom. The van der Waals surface area contributed by atoms with Crippen molar-refractivity contribution >= 4 is 16.8 Å². The van der Waals surface area contributed by atoms with E-state index in [9.17, 15) is 4.79 Å². The van der Waals surface area contributed by atoms with Crippen LogP contribution in [0.2, 0.25) is 0 Å². The number of aromatic nitrogens is 1. The third-order valence-corrected chi connectivity index (χ3v) is 3.84. The van der Waals surface area contributed by atoms with E-state index in [0.29, 0.717) is 5.69 Å². The van der Waals surface area contributed by atoms with Gasteiger partial charge in [-0.1, -0.05) is 11.6 Å². The summed E-state index contributed by atoms with van der Waals surface area (Å²) in [5, 5.41) is 7.47. The summed E-state index contributed by atoms with van der Waals surface area (Å²) in [5.74, 6) is 0.0000491. The molecule has 1 aliphatic heterocycles. The molecule has 3 rings (SSSR count). The molecular formula is C15H19N3O. The number of carbonyl (C=O) groups excluding carboxylic acids is 1. The molecule has 100 valence electrons. The molecular weight excluding hydrogens is 238 g/mol. The highest BCUT2D eigenvalue weighted by molar-refractivity contribution is 6.01. The molecule has 0 bridgehead atoms. The summed E-state index contributed by atoms with van der Waals surface area (Å²) in [4.78, 5) is 15.5. The van der Waals surface area contributed by atoms with Crippen LogP contribution in [0.4, 0.5) is 0 Å². The average molecular weight is 257 g/mol. The van der Waals surface area contributed by atoms with E-state index in [1.165, 1.54) is 5.56 Å². The number of fused-ring (bicyclic) bond motifs is 1. The SMILES string of the molecule is Cc1ccc2[nH]c(C(=O)N[C@@H]3CCNC3)c(C)c2c1. The second-order valence-corrected chi connectivity index (χ2v) is 5.34. The highest BCUT2D eigenvalue weighted by Gasteiger charge is 2.20. The average Bonchev–Trinajstić information content (AvgIpc) is 2.98. The Balaban J connectivity index is 1.91. The normalized spacial score (nSPS) is 18.9. The van der Waals surface area contributed by atoms with Crippen LogP contribution in [0.1, 0.15) is 28.0 Å². The maximum atomic E-state index is 12.3. The minimum Gasteiger partial charge on any atom is -0.350 e. The summed E-state index contributed by atoms with van der Waals surface area (Å²) in [5.41, 5.74) is 3.95. The lowest BCUT2D eigenvalue weighted by Gasteiger charge is -2.10. The van der Waals surface area contributed by atoms with Gasteiger partial charge in [0, 0.05) is 23.5 Å². The first-order valence-electron chi connectivity index (χ1n) is 6.75. The molecule has 2 aromatic rings. The smallest absolute Gasteiger partial charge is 0.268 e. The fourth-order valence-corrected chi connectivity index (χ4v) is 2.70. The molecule has 4 heteroatoms. The number of rotatable bonds is 2. The van der Waals surface area contributed by atoms with Crippen molar-refractivity contribution in [3.8, 4) is 0 Å². The quantitative estimate of drug-likeness (QED) is 0.769. The molecule has 1 amide bonds. The van der Waals surface area contributed by atoms with Crippen LogP contribution < -0.4 is 10.6 Å². The van der Waals surface area contributed by atoms with Gasteiger partial charge >= 0.3 is 0 Å². The van der Waals surface area contributed by atoms with Gasteiger partial charge in [-0.15, -0.1) is 0 Å². The van der Waals surface area contributed by atoms with E-state index in [0.717, 1.165) is 36.0 Å². The van der Waals surface area contributed by atoms with Crippen LogP contribution in [0.15, 0.2) is 18.2 Å². The lowest BCUT2D eigenvalue weighted by molar-refractivity contribution is 0.0935. The van der Waals surface area contributed by atoms with Gasteiger partial charge in [0.05, 0.1) is 0 Å². The molecule has 0 aliphatic carbocycles. The number of benzene rings is 1.